The first-order valence-electron chi connectivity index (χ1n) is 5.59. The van der Waals surface area contributed by atoms with Crippen molar-refractivity contribution in [1.82, 2.24) is 9.78 Å². The van der Waals surface area contributed by atoms with Crippen molar-refractivity contribution in [2.24, 2.45) is 0 Å². The molecule has 0 radical (unpaired) electrons. The molecule has 17 heavy (non-hydrogen) atoms. The highest BCUT2D eigenvalue weighted by Gasteiger charge is 2.04. The van der Waals surface area contributed by atoms with Gasteiger partial charge in [-0.2, -0.15) is 5.10 Å². The van der Waals surface area contributed by atoms with Gasteiger partial charge >= 0.3 is 0 Å². The van der Waals surface area contributed by atoms with E-state index in [0.29, 0.717) is 6.61 Å². The van der Waals surface area contributed by atoms with Crippen LogP contribution in [-0.2, 0) is 5.33 Å². The quantitative estimate of drug-likeness (QED) is 0.808. The van der Waals surface area contributed by atoms with Crippen molar-refractivity contribution >= 4 is 15.9 Å². The van der Waals surface area contributed by atoms with E-state index in [0.717, 1.165) is 22.5 Å². The summed E-state index contributed by atoms with van der Waals surface area (Å²) < 4.78 is 7.30. The van der Waals surface area contributed by atoms with Gasteiger partial charge in [-0.3, -0.25) is 0 Å². The zero-order valence-corrected chi connectivity index (χ0v) is 11.6. The van der Waals surface area contributed by atoms with Crippen LogP contribution < -0.4 is 4.74 Å². The maximum Gasteiger partial charge on any atom is 0.119 e. The molecule has 2 aromatic rings. The summed E-state index contributed by atoms with van der Waals surface area (Å²) in [5.41, 5.74) is 3.30. The molecule has 1 heterocycles. The van der Waals surface area contributed by atoms with Crippen molar-refractivity contribution in [2.45, 2.75) is 19.2 Å². The monoisotopic (exact) mass is 294 g/mol. The SMILES string of the molecule is CCOc1ccc(-n2cc(CBr)c(C)n2)cc1. The van der Waals surface area contributed by atoms with Gasteiger partial charge in [0.25, 0.3) is 0 Å². The van der Waals surface area contributed by atoms with E-state index in [2.05, 4.69) is 21.0 Å². The lowest BCUT2D eigenvalue weighted by molar-refractivity contribution is 0.340. The van der Waals surface area contributed by atoms with E-state index in [1.807, 2.05) is 49.0 Å². The zero-order valence-electron chi connectivity index (χ0n) is 9.98. The molecule has 2 rings (SSSR count). The Kier molecular flexibility index (Phi) is 3.84. The van der Waals surface area contributed by atoms with Crippen LogP contribution in [0.3, 0.4) is 0 Å². The van der Waals surface area contributed by atoms with E-state index < -0.39 is 0 Å². The maximum absolute atomic E-state index is 5.41. The first kappa shape index (κ1) is 12.2. The summed E-state index contributed by atoms with van der Waals surface area (Å²) in [6.45, 7) is 4.68. The van der Waals surface area contributed by atoms with E-state index in [-0.39, 0.29) is 0 Å². The molecule has 0 aliphatic rings. The lowest BCUT2D eigenvalue weighted by Gasteiger charge is -2.04. The molecular weight excluding hydrogens is 280 g/mol. The number of hydrogen-bond donors (Lipinski definition) is 0. The molecule has 0 unspecified atom stereocenters. The average molecular weight is 295 g/mol. The van der Waals surface area contributed by atoms with E-state index in [4.69, 9.17) is 4.74 Å². The molecule has 0 saturated carbocycles. The van der Waals surface area contributed by atoms with Crippen LogP contribution in [0.25, 0.3) is 5.69 Å². The fourth-order valence-corrected chi connectivity index (χ4v) is 2.17. The third kappa shape index (κ3) is 2.69. The van der Waals surface area contributed by atoms with Crippen LogP contribution in [0.2, 0.25) is 0 Å². The lowest BCUT2D eigenvalue weighted by Crippen LogP contribution is -1.96. The van der Waals surface area contributed by atoms with E-state index in [1.54, 1.807) is 0 Å². The van der Waals surface area contributed by atoms with Gasteiger partial charge in [0.1, 0.15) is 5.75 Å². The predicted molar refractivity (Wildman–Crippen MR) is 72.1 cm³/mol. The number of aromatic nitrogens is 2. The van der Waals surface area contributed by atoms with Gasteiger partial charge in [-0.05, 0) is 38.1 Å². The van der Waals surface area contributed by atoms with Crippen LogP contribution in [0.4, 0.5) is 0 Å². The van der Waals surface area contributed by atoms with Crippen molar-refractivity contribution in [3.8, 4) is 11.4 Å². The van der Waals surface area contributed by atoms with Gasteiger partial charge in [0.2, 0.25) is 0 Å². The first-order valence-corrected chi connectivity index (χ1v) is 6.71. The van der Waals surface area contributed by atoms with Gasteiger partial charge in [0.15, 0.2) is 0 Å². The van der Waals surface area contributed by atoms with Crippen LogP contribution in [0.5, 0.6) is 5.75 Å². The Bertz CT molecular complexity index is 491. The Morgan fingerprint density at radius 3 is 2.53 bits per heavy atom. The largest absolute Gasteiger partial charge is 0.494 e. The summed E-state index contributed by atoms with van der Waals surface area (Å²) in [6, 6.07) is 7.94. The van der Waals surface area contributed by atoms with Crippen molar-refractivity contribution in [3.05, 3.63) is 41.7 Å². The van der Waals surface area contributed by atoms with Gasteiger partial charge < -0.3 is 4.74 Å². The molecule has 3 nitrogen and oxygen atoms in total. The van der Waals surface area contributed by atoms with Crippen LogP contribution >= 0.6 is 15.9 Å². The topological polar surface area (TPSA) is 27.1 Å². The molecule has 1 aromatic heterocycles. The molecule has 0 amide bonds. The molecule has 4 heteroatoms. The Labute approximate surface area is 110 Å². The third-order valence-corrected chi connectivity index (χ3v) is 3.16. The minimum Gasteiger partial charge on any atom is -0.494 e. The summed E-state index contributed by atoms with van der Waals surface area (Å²) in [6.07, 6.45) is 2.04. The molecule has 0 bridgehead atoms. The summed E-state index contributed by atoms with van der Waals surface area (Å²) in [4.78, 5) is 0. The van der Waals surface area contributed by atoms with E-state index >= 15 is 0 Å². The molecule has 0 saturated heterocycles. The lowest BCUT2D eigenvalue weighted by atomic mass is 10.3. The summed E-state index contributed by atoms with van der Waals surface area (Å²) in [5, 5.41) is 5.30. The minimum atomic E-state index is 0.688. The second-order valence-electron chi connectivity index (χ2n) is 3.74. The molecule has 0 aliphatic heterocycles. The summed E-state index contributed by atoms with van der Waals surface area (Å²) in [5.74, 6) is 0.890. The fourth-order valence-electron chi connectivity index (χ4n) is 1.62. The van der Waals surface area contributed by atoms with Crippen LogP contribution in [0.15, 0.2) is 30.5 Å². The Morgan fingerprint density at radius 1 is 1.29 bits per heavy atom. The maximum atomic E-state index is 5.41. The number of nitrogens with zero attached hydrogens (tertiary/aromatic N) is 2. The highest BCUT2D eigenvalue weighted by atomic mass is 79.9. The van der Waals surface area contributed by atoms with Crippen molar-refractivity contribution in [2.75, 3.05) is 6.61 Å². The van der Waals surface area contributed by atoms with Gasteiger partial charge in [0.05, 0.1) is 18.0 Å². The standard InChI is InChI=1S/C13H15BrN2O/c1-3-17-13-6-4-12(5-7-13)16-9-11(8-14)10(2)15-16/h4-7,9H,3,8H2,1-2H3. The highest BCUT2D eigenvalue weighted by Crippen LogP contribution is 2.17. The number of benzene rings is 1. The molecule has 0 N–H and O–H groups in total. The molecule has 0 spiro atoms. The van der Waals surface area contributed by atoms with Crippen molar-refractivity contribution in [3.63, 3.8) is 0 Å². The number of hydrogen-bond acceptors (Lipinski definition) is 2. The molecule has 0 fully saturated rings. The summed E-state index contributed by atoms with van der Waals surface area (Å²) in [7, 11) is 0. The predicted octanol–water partition coefficient (Wildman–Crippen LogP) is 3.47. The van der Waals surface area contributed by atoms with E-state index in [1.165, 1.54) is 5.56 Å². The second kappa shape index (κ2) is 5.36. The molecule has 0 aliphatic carbocycles. The molecular formula is C13H15BrN2O. The van der Waals surface area contributed by atoms with E-state index in [9.17, 15) is 0 Å². The molecule has 0 atom stereocenters. The Balaban J connectivity index is 2.26. The second-order valence-corrected chi connectivity index (χ2v) is 4.31. The highest BCUT2D eigenvalue weighted by molar-refractivity contribution is 9.08. The van der Waals surface area contributed by atoms with Gasteiger partial charge in [-0.25, -0.2) is 4.68 Å². The van der Waals surface area contributed by atoms with Crippen LogP contribution in [0.1, 0.15) is 18.2 Å². The first-order chi connectivity index (χ1) is 8.24. The number of ether oxygens (including phenoxy) is 1. The summed E-state index contributed by atoms with van der Waals surface area (Å²) >= 11 is 3.45. The average Bonchev–Trinajstić information content (AvgIpc) is 2.72. The van der Waals surface area contributed by atoms with Crippen molar-refractivity contribution < 1.29 is 4.74 Å². The fraction of sp³-hybridized carbons (Fsp3) is 0.308. The molecule has 90 valence electrons. The number of aryl methyl sites for hydroxylation is 1. The number of halogens is 1. The van der Waals surface area contributed by atoms with Crippen LogP contribution in [-0.4, -0.2) is 16.4 Å². The number of alkyl halides is 1. The Morgan fingerprint density at radius 2 is 2.00 bits per heavy atom. The zero-order chi connectivity index (χ0) is 12.3. The van der Waals surface area contributed by atoms with Crippen LogP contribution in [0, 0.1) is 6.92 Å². The third-order valence-electron chi connectivity index (χ3n) is 2.56. The Hall–Kier alpha value is -1.29. The number of rotatable bonds is 4. The van der Waals surface area contributed by atoms with Gasteiger partial charge in [-0.15, -0.1) is 0 Å². The van der Waals surface area contributed by atoms with Gasteiger partial charge in [-0.1, -0.05) is 15.9 Å². The normalized spacial score (nSPS) is 10.5. The smallest absolute Gasteiger partial charge is 0.119 e. The van der Waals surface area contributed by atoms with Gasteiger partial charge in [0, 0.05) is 17.1 Å². The molecule has 1 aromatic carbocycles. The van der Waals surface area contributed by atoms with Crippen molar-refractivity contribution in [1.29, 1.82) is 0 Å². The minimum absolute atomic E-state index is 0.688.